The average Bonchev–Trinajstić information content (AvgIpc) is 1.57. The molecule has 1 N–H and O–H groups in total. The molecule has 6 aliphatic heterocycles. The van der Waals surface area contributed by atoms with Crippen molar-refractivity contribution in [2.75, 3.05) is 40.6 Å². The Labute approximate surface area is 620 Å². The molecule has 8 bridgehead atoms. The third-order valence-electron chi connectivity index (χ3n) is 25.4. The first-order valence-electron chi connectivity index (χ1n) is 37.6. The number of fused-ring (bicyclic) bond motifs is 4. The minimum Gasteiger partial charge on any atom is -0.469 e. The maximum absolute atomic E-state index is 12.7. The molecule has 23 unspecified atom stereocenters. The van der Waals surface area contributed by atoms with Gasteiger partial charge in [-0.1, -0.05) is 27.7 Å². The first-order chi connectivity index (χ1) is 50.4. The summed E-state index contributed by atoms with van der Waals surface area (Å²) in [6, 6.07) is 2.17. The summed E-state index contributed by atoms with van der Waals surface area (Å²) in [4.78, 5) is 170. The fourth-order valence-electron chi connectivity index (χ4n) is 17.5. The molecule has 13 fully saturated rings. The van der Waals surface area contributed by atoms with Crippen LogP contribution < -0.4 is 0 Å². The number of rotatable bonds is 25. The Morgan fingerprint density at radius 3 is 1.67 bits per heavy atom. The standard InChI is InChI=1S/C22H29NO6.C19H26O8.C18H26O7.C17H22O9/c1-4-21(2,3)19(25)27-14-7-5-12(6-8-14)18(24)28-16-13-9-15-17(16)29-20(26)22(15,10-13)11-23;1-5-19(2,3)18(23)25-7-6-11(20)26-14-9-8-10-13(12(9)16(21)24-4)17(22)27-15(10)14;1-4-18(2,3)17(22)24-8-10(19)7-23-15(20)13-9-5-11-12(6-9)25-16(21)14(11)13;1-5-17(2,3)16(21)23-6-7(18)24-12-10-8(14(19)22-4)9-11(25-10)13(12)26-15(9)20/h12-17H,4-10H2,1-3H3;9-10,12-15H,5-8H2,1-4H3;9-14,19H,4-8H2,1-3H3;8-13H,5-6H2,1-4H3. The van der Waals surface area contributed by atoms with Gasteiger partial charge >= 0.3 is 83.6 Å². The van der Waals surface area contributed by atoms with Gasteiger partial charge in [-0.3, -0.25) is 62.3 Å². The van der Waals surface area contributed by atoms with E-state index in [1.54, 1.807) is 41.5 Å². The van der Waals surface area contributed by atoms with Gasteiger partial charge in [0.15, 0.2) is 24.2 Å². The molecular formula is C76H103NO30. The topological polar surface area (TPSA) is 421 Å². The number of methoxy groups -OCH3 is 2. The van der Waals surface area contributed by atoms with Crippen molar-refractivity contribution in [2.45, 2.75) is 240 Å². The van der Waals surface area contributed by atoms with Gasteiger partial charge in [0.2, 0.25) is 0 Å². The number of esters is 14. The van der Waals surface area contributed by atoms with Crippen LogP contribution in [0.2, 0.25) is 0 Å². The number of carbonyl (C=O) groups excluding carboxylic acids is 14. The molecular weight excluding hydrogens is 1410 g/mol. The lowest BCUT2D eigenvalue weighted by molar-refractivity contribution is -0.173. The van der Waals surface area contributed by atoms with Crippen LogP contribution in [-0.4, -0.2) is 196 Å². The van der Waals surface area contributed by atoms with E-state index >= 15 is 0 Å². The molecule has 13 aliphatic rings. The van der Waals surface area contributed by atoms with Gasteiger partial charge < -0.3 is 76.2 Å². The Balaban J connectivity index is 0.000000153. The lowest BCUT2D eigenvalue weighted by Crippen LogP contribution is -2.48. The van der Waals surface area contributed by atoms with Crippen LogP contribution >= 0.6 is 0 Å². The number of aliphatic hydroxyl groups excluding tert-OH is 1. The number of hydrogen-bond donors (Lipinski definition) is 1. The van der Waals surface area contributed by atoms with E-state index in [4.69, 9.17) is 71.1 Å². The van der Waals surface area contributed by atoms with Gasteiger partial charge in [-0.25, -0.2) is 4.79 Å². The molecule has 7 aliphatic carbocycles. The molecule has 6 saturated heterocycles. The second-order valence-corrected chi connectivity index (χ2v) is 33.2. The second kappa shape index (κ2) is 31.9. The van der Waals surface area contributed by atoms with Crippen molar-refractivity contribution < 1.29 is 143 Å². The van der Waals surface area contributed by atoms with E-state index in [0.29, 0.717) is 64.2 Å². The molecule has 31 nitrogen and oxygen atoms in total. The summed E-state index contributed by atoms with van der Waals surface area (Å²) in [6.45, 7) is 20.7. The zero-order valence-corrected chi connectivity index (χ0v) is 63.3. The van der Waals surface area contributed by atoms with Crippen LogP contribution in [-0.2, 0) is 138 Å². The molecule has 0 radical (unpaired) electrons. The van der Waals surface area contributed by atoms with E-state index in [1.807, 2.05) is 41.5 Å². The number of nitriles is 1. The molecule has 592 valence electrons. The van der Waals surface area contributed by atoms with Gasteiger partial charge in [-0.2, -0.15) is 5.26 Å². The lowest BCUT2D eigenvalue weighted by atomic mass is 9.74. The monoisotopic (exact) mass is 1510 g/mol. The van der Waals surface area contributed by atoms with Crippen molar-refractivity contribution in [1.29, 1.82) is 5.26 Å². The Morgan fingerprint density at radius 1 is 0.505 bits per heavy atom. The Morgan fingerprint density at radius 2 is 1.06 bits per heavy atom. The fourth-order valence-corrected chi connectivity index (χ4v) is 17.5. The molecule has 0 spiro atoms. The first kappa shape index (κ1) is 81.5. The summed E-state index contributed by atoms with van der Waals surface area (Å²) in [5.41, 5.74) is -3.43. The largest absolute Gasteiger partial charge is 0.469 e. The highest BCUT2D eigenvalue weighted by Gasteiger charge is 2.74. The van der Waals surface area contributed by atoms with Crippen LogP contribution in [0, 0.1) is 115 Å². The number of hydrogen-bond acceptors (Lipinski definition) is 31. The molecule has 23 atom stereocenters. The highest BCUT2D eigenvalue weighted by atomic mass is 16.7. The molecule has 0 aromatic heterocycles. The van der Waals surface area contributed by atoms with Crippen LogP contribution in [0.25, 0.3) is 0 Å². The average molecular weight is 1510 g/mol. The summed E-state index contributed by atoms with van der Waals surface area (Å²) < 4.78 is 79.2. The van der Waals surface area contributed by atoms with Crippen LogP contribution in [0.15, 0.2) is 0 Å². The second-order valence-electron chi connectivity index (χ2n) is 33.2. The molecule has 7 saturated carbocycles. The molecule has 6 heterocycles. The molecule has 31 heteroatoms. The minimum absolute atomic E-state index is 0.0219. The molecule has 13 rings (SSSR count). The molecule has 0 aromatic carbocycles. The molecule has 107 heavy (non-hydrogen) atoms. The smallest absolute Gasteiger partial charge is 0.344 e. The quantitative estimate of drug-likeness (QED) is 0.0904. The summed E-state index contributed by atoms with van der Waals surface area (Å²) in [7, 11) is 2.49. The first-order valence-corrected chi connectivity index (χ1v) is 37.6. The maximum Gasteiger partial charge on any atom is 0.344 e. The third-order valence-corrected chi connectivity index (χ3v) is 25.4. The Hall–Kier alpha value is -8.01. The highest BCUT2D eigenvalue weighted by Crippen LogP contribution is 2.63. The van der Waals surface area contributed by atoms with E-state index in [-0.39, 0.29) is 104 Å². The Bertz CT molecular complexity index is 3520. The predicted octanol–water partition coefficient (Wildman–Crippen LogP) is 5.22. The van der Waals surface area contributed by atoms with E-state index < -0.39 is 184 Å². The van der Waals surface area contributed by atoms with E-state index in [9.17, 15) is 77.5 Å². The minimum atomic E-state index is -1.08. The fraction of sp³-hybridized carbons (Fsp3) is 0.803. The van der Waals surface area contributed by atoms with Gasteiger partial charge in [-0.05, 0) is 145 Å². The highest BCUT2D eigenvalue weighted by molar-refractivity contribution is 5.89. The lowest BCUT2D eigenvalue weighted by Gasteiger charge is -2.32. The van der Waals surface area contributed by atoms with Crippen LogP contribution in [0.3, 0.4) is 0 Å². The number of carbonyl (C=O) groups is 14. The van der Waals surface area contributed by atoms with Crippen molar-refractivity contribution in [3.63, 3.8) is 0 Å². The molecule has 0 aromatic rings. The zero-order valence-electron chi connectivity index (χ0n) is 63.3. The van der Waals surface area contributed by atoms with Crippen LogP contribution in [0.5, 0.6) is 0 Å². The van der Waals surface area contributed by atoms with Crippen molar-refractivity contribution in [1.82, 2.24) is 0 Å². The van der Waals surface area contributed by atoms with Gasteiger partial charge in [0.1, 0.15) is 86.6 Å². The van der Waals surface area contributed by atoms with Gasteiger partial charge in [0, 0.05) is 29.6 Å². The summed E-state index contributed by atoms with van der Waals surface area (Å²) in [5, 5.41) is 19.4. The van der Waals surface area contributed by atoms with Crippen molar-refractivity contribution in [3.8, 4) is 6.07 Å². The summed E-state index contributed by atoms with van der Waals surface area (Å²) >= 11 is 0. The van der Waals surface area contributed by atoms with Crippen LogP contribution in [0.4, 0.5) is 0 Å². The van der Waals surface area contributed by atoms with Gasteiger partial charge in [0.25, 0.3) is 0 Å². The molecule has 0 amide bonds. The van der Waals surface area contributed by atoms with Crippen molar-refractivity contribution in [2.24, 2.45) is 104 Å². The van der Waals surface area contributed by atoms with Gasteiger partial charge in [0.05, 0.1) is 78.0 Å². The number of nitrogens with zero attached hydrogens (tertiary/aromatic N) is 1. The van der Waals surface area contributed by atoms with Crippen molar-refractivity contribution >= 4 is 83.6 Å². The van der Waals surface area contributed by atoms with Crippen LogP contribution in [0.1, 0.15) is 173 Å². The number of ether oxygens (including phenoxy) is 15. The van der Waals surface area contributed by atoms with E-state index in [2.05, 4.69) is 6.07 Å². The maximum atomic E-state index is 12.7. The van der Waals surface area contributed by atoms with Crippen molar-refractivity contribution in [3.05, 3.63) is 0 Å². The van der Waals surface area contributed by atoms with Gasteiger partial charge in [-0.15, -0.1) is 0 Å². The summed E-state index contributed by atoms with van der Waals surface area (Å²) in [5.74, 6) is -10.4. The van der Waals surface area contributed by atoms with E-state index in [1.165, 1.54) is 14.2 Å². The van der Waals surface area contributed by atoms with E-state index in [0.717, 1.165) is 19.3 Å². The third kappa shape index (κ3) is 15.8. The normalized spacial score (nSPS) is 35.7. The summed E-state index contributed by atoms with van der Waals surface area (Å²) in [6.07, 6.45) is 1.79. The predicted molar refractivity (Wildman–Crippen MR) is 357 cm³/mol. The number of aliphatic hydroxyl groups is 1. The Kier molecular flexibility index (Phi) is 24.3. The zero-order chi connectivity index (χ0) is 78.5. The SMILES string of the molecule is CCC(C)(C)C(=O)OC1CCC(C(=O)OC2C3CC4C2OC(=O)C4(C#N)C3)CC1.CCC(C)(C)C(=O)OCC(=O)OC1C2OC(=O)C3C2OC1C3C(=O)OC.CCC(C)(C)C(=O)OCC(O)COC(=O)C1C2CC3OC(=O)C1C3C2.CCC(C)(C)C(=O)OCCC(=O)OC1C2CC3C1OC(=O)C3C2C(=O)OC.